The van der Waals surface area contributed by atoms with Crippen LogP contribution in [0.1, 0.15) is 44.9 Å². The molecule has 0 atom stereocenters. The predicted octanol–water partition coefficient (Wildman–Crippen LogP) is 2.99. The van der Waals surface area contributed by atoms with Gasteiger partial charge < -0.3 is 4.90 Å². The van der Waals surface area contributed by atoms with E-state index in [-0.39, 0.29) is 5.91 Å². The third-order valence-corrected chi connectivity index (χ3v) is 5.29. The smallest absolute Gasteiger partial charge is 0.253 e. The van der Waals surface area contributed by atoms with Crippen molar-refractivity contribution in [3.63, 3.8) is 0 Å². The third-order valence-electron chi connectivity index (χ3n) is 5.29. The van der Waals surface area contributed by atoms with E-state index in [1.165, 1.54) is 16.7 Å². The lowest BCUT2D eigenvalue weighted by molar-refractivity contribution is 0.0761. The maximum Gasteiger partial charge on any atom is 0.253 e. The van der Waals surface area contributed by atoms with Crippen LogP contribution in [0.2, 0.25) is 0 Å². The third kappa shape index (κ3) is 3.93. The van der Waals surface area contributed by atoms with Gasteiger partial charge in [-0.3, -0.25) is 14.8 Å². The predicted molar refractivity (Wildman–Crippen MR) is 99.8 cm³/mol. The Morgan fingerprint density at radius 1 is 1.08 bits per heavy atom. The van der Waals surface area contributed by atoms with Crippen LogP contribution in [0.15, 0.2) is 18.2 Å². The Labute approximate surface area is 150 Å². The Kier molecular flexibility index (Phi) is 5.23. The van der Waals surface area contributed by atoms with E-state index in [1.807, 2.05) is 30.0 Å². The Morgan fingerprint density at radius 2 is 1.88 bits per heavy atom. The van der Waals surface area contributed by atoms with Crippen LogP contribution in [0.5, 0.6) is 0 Å². The number of amides is 1. The summed E-state index contributed by atoms with van der Waals surface area (Å²) in [6.07, 6.45) is 1.01. The molecule has 2 heterocycles. The van der Waals surface area contributed by atoms with Crippen LogP contribution in [0.4, 0.5) is 0 Å². The molecule has 1 fully saturated rings. The first kappa shape index (κ1) is 17.7. The van der Waals surface area contributed by atoms with E-state index in [4.69, 9.17) is 0 Å². The van der Waals surface area contributed by atoms with Gasteiger partial charge >= 0.3 is 0 Å². The minimum atomic E-state index is 0.153. The van der Waals surface area contributed by atoms with Crippen molar-refractivity contribution in [3.8, 4) is 0 Å². The largest absolute Gasteiger partial charge is 0.337 e. The molecule has 1 saturated heterocycles. The number of carbonyl (C=O) groups excluding carboxylic acids is 1. The van der Waals surface area contributed by atoms with Crippen molar-refractivity contribution in [2.45, 2.75) is 40.7 Å². The Bertz CT molecular complexity index is 746. The van der Waals surface area contributed by atoms with Crippen molar-refractivity contribution in [2.75, 3.05) is 26.2 Å². The number of aromatic amines is 1. The molecule has 5 heteroatoms. The molecule has 1 aliphatic heterocycles. The summed E-state index contributed by atoms with van der Waals surface area (Å²) >= 11 is 0. The minimum Gasteiger partial charge on any atom is -0.337 e. The highest BCUT2D eigenvalue weighted by molar-refractivity contribution is 5.94. The number of nitrogens with one attached hydrogen (secondary N) is 1. The van der Waals surface area contributed by atoms with Crippen LogP contribution in [0.25, 0.3) is 0 Å². The van der Waals surface area contributed by atoms with E-state index in [0.29, 0.717) is 0 Å². The van der Waals surface area contributed by atoms with Gasteiger partial charge in [0.25, 0.3) is 5.91 Å². The number of aryl methyl sites for hydroxylation is 4. The fourth-order valence-corrected chi connectivity index (χ4v) is 3.42. The minimum absolute atomic E-state index is 0.153. The first-order valence-electron chi connectivity index (χ1n) is 9.05. The normalized spacial score (nSPS) is 16.1. The van der Waals surface area contributed by atoms with Crippen LogP contribution in [0.3, 0.4) is 0 Å². The van der Waals surface area contributed by atoms with E-state index in [1.54, 1.807) is 0 Å². The van der Waals surface area contributed by atoms with Crippen LogP contribution >= 0.6 is 0 Å². The van der Waals surface area contributed by atoms with Gasteiger partial charge in [-0.2, -0.15) is 5.10 Å². The molecule has 0 aliphatic carbocycles. The molecule has 1 amide bonds. The van der Waals surface area contributed by atoms with Crippen LogP contribution < -0.4 is 0 Å². The first-order valence-corrected chi connectivity index (χ1v) is 9.05. The van der Waals surface area contributed by atoms with Crippen molar-refractivity contribution in [3.05, 3.63) is 51.8 Å². The topological polar surface area (TPSA) is 52.2 Å². The van der Waals surface area contributed by atoms with Gasteiger partial charge in [0.05, 0.1) is 5.69 Å². The molecule has 2 aromatic rings. The molecule has 0 unspecified atom stereocenters. The monoisotopic (exact) mass is 340 g/mol. The first-order chi connectivity index (χ1) is 12.0. The zero-order valence-corrected chi connectivity index (χ0v) is 15.7. The van der Waals surface area contributed by atoms with Crippen molar-refractivity contribution >= 4 is 5.91 Å². The molecule has 1 aromatic heterocycles. The van der Waals surface area contributed by atoms with E-state index in [9.17, 15) is 4.79 Å². The highest BCUT2D eigenvalue weighted by atomic mass is 16.2. The van der Waals surface area contributed by atoms with Crippen molar-refractivity contribution in [1.82, 2.24) is 20.0 Å². The molecule has 0 saturated carbocycles. The number of hydrogen-bond donors (Lipinski definition) is 1. The van der Waals surface area contributed by atoms with Crippen LogP contribution in [-0.4, -0.2) is 52.1 Å². The second-order valence-electron chi connectivity index (χ2n) is 7.13. The fraction of sp³-hybridized carbons (Fsp3) is 0.500. The summed E-state index contributed by atoms with van der Waals surface area (Å²) in [4.78, 5) is 17.3. The number of carbonyl (C=O) groups is 1. The van der Waals surface area contributed by atoms with E-state index >= 15 is 0 Å². The molecule has 1 aromatic carbocycles. The highest BCUT2D eigenvalue weighted by Gasteiger charge is 2.21. The molecular formula is C20H28N4O. The summed E-state index contributed by atoms with van der Waals surface area (Å²) in [6, 6.07) is 6.00. The Hall–Kier alpha value is -2.14. The SMILES string of the molecule is Cc1ccc(C(=O)N2CCCN(Cc3c(C)n[nH]c3C)CC2)cc1C. The second-order valence-corrected chi connectivity index (χ2v) is 7.13. The van der Waals surface area contributed by atoms with Crippen LogP contribution in [-0.2, 0) is 6.54 Å². The van der Waals surface area contributed by atoms with Crippen molar-refractivity contribution < 1.29 is 4.79 Å². The van der Waals surface area contributed by atoms with Gasteiger partial charge in [-0.1, -0.05) is 6.07 Å². The highest BCUT2D eigenvalue weighted by Crippen LogP contribution is 2.16. The number of aromatic nitrogens is 2. The maximum atomic E-state index is 12.8. The lowest BCUT2D eigenvalue weighted by atomic mass is 10.1. The molecule has 0 bridgehead atoms. The van der Waals surface area contributed by atoms with E-state index in [0.717, 1.165) is 56.1 Å². The zero-order valence-electron chi connectivity index (χ0n) is 15.7. The summed E-state index contributed by atoms with van der Waals surface area (Å²) < 4.78 is 0. The molecule has 5 nitrogen and oxygen atoms in total. The molecule has 1 N–H and O–H groups in total. The van der Waals surface area contributed by atoms with Gasteiger partial charge in [-0.05, 0) is 57.4 Å². The molecular weight excluding hydrogens is 312 g/mol. The molecule has 0 radical (unpaired) electrons. The quantitative estimate of drug-likeness (QED) is 0.934. The van der Waals surface area contributed by atoms with Gasteiger partial charge in [0.1, 0.15) is 0 Å². The fourth-order valence-electron chi connectivity index (χ4n) is 3.42. The number of hydrogen-bond acceptors (Lipinski definition) is 3. The average Bonchev–Trinajstić information content (AvgIpc) is 2.79. The lowest BCUT2D eigenvalue weighted by Crippen LogP contribution is -2.35. The maximum absolute atomic E-state index is 12.8. The molecule has 134 valence electrons. The lowest BCUT2D eigenvalue weighted by Gasteiger charge is -2.22. The van der Waals surface area contributed by atoms with Crippen molar-refractivity contribution in [1.29, 1.82) is 0 Å². The van der Waals surface area contributed by atoms with Gasteiger partial charge in [-0.15, -0.1) is 0 Å². The Morgan fingerprint density at radius 3 is 2.56 bits per heavy atom. The van der Waals surface area contributed by atoms with Gasteiger partial charge in [0.2, 0.25) is 0 Å². The van der Waals surface area contributed by atoms with E-state index < -0.39 is 0 Å². The number of benzene rings is 1. The molecule has 1 aliphatic rings. The molecule has 3 rings (SSSR count). The Balaban J connectivity index is 1.65. The summed E-state index contributed by atoms with van der Waals surface area (Å²) in [6.45, 7) is 12.7. The van der Waals surface area contributed by atoms with E-state index in [2.05, 4.69) is 35.9 Å². The molecule has 0 spiro atoms. The summed E-state index contributed by atoms with van der Waals surface area (Å²) in [7, 11) is 0. The summed E-state index contributed by atoms with van der Waals surface area (Å²) in [5.74, 6) is 0.153. The molecule has 25 heavy (non-hydrogen) atoms. The zero-order chi connectivity index (χ0) is 18.0. The summed E-state index contributed by atoms with van der Waals surface area (Å²) in [5, 5.41) is 7.35. The average molecular weight is 340 g/mol. The number of H-pyrrole nitrogens is 1. The van der Waals surface area contributed by atoms with Gasteiger partial charge in [0.15, 0.2) is 0 Å². The van der Waals surface area contributed by atoms with Gasteiger partial charge in [-0.25, -0.2) is 0 Å². The van der Waals surface area contributed by atoms with Crippen molar-refractivity contribution in [2.24, 2.45) is 0 Å². The van der Waals surface area contributed by atoms with Gasteiger partial charge in [0, 0.05) is 49.5 Å². The summed E-state index contributed by atoms with van der Waals surface area (Å²) in [5.41, 5.74) is 6.71. The van der Waals surface area contributed by atoms with Crippen LogP contribution in [0, 0.1) is 27.7 Å². The second kappa shape index (κ2) is 7.40. The standard InChI is InChI=1S/C20H28N4O/c1-14-6-7-18(12-15(14)2)20(25)24-9-5-8-23(10-11-24)13-19-16(3)21-22-17(19)4/h6-7,12H,5,8-11,13H2,1-4H3,(H,21,22). The number of rotatable bonds is 3. The number of nitrogens with zero attached hydrogens (tertiary/aromatic N) is 3.